The number of amides is 2. The van der Waals surface area contributed by atoms with Gasteiger partial charge >= 0.3 is 12.0 Å². The van der Waals surface area contributed by atoms with Gasteiger partial charge < -0.3 is 34.5 Å². The van der Waals surface area contributed by atoms with Gasteiger partial charge in [-0.25, -0.2) is 9.59 Å². The lowest BCUT2D eigenvalue weighted by atomic mass is 9.94. The topological polar surface area (TPSA) is 99.6 Å². The van der Waals surface area contributed by atoms with Crippen molar-refractivity contribution in [2.24, 2.45) is 0 Å². The molecule has 152 valence electrons. The Balaban J connectivity index is 2.00. The second-order valence-corrected chi connectivity index (χ2v) is 6.57. The molecule has 0 aliphatic carbocycles. The number of hydrogen-bond donors (Lipinski definition) is 3. The van der Waals surface area contributed by atoms with Gasteiger partial charge in [-0.15, -0.1) is 0 Å². The lowest BCUT2D eigenvalue weighted by Crippen LogP contribution is -3.14. The van der Waals surface area contributed by atoms with Gasteiger partial charge in [0.05, 0.1) is 51.9 Å². The van der Waals surface area contributed by atoms with Gasteiger partial charge in [0, 0.05) is 0 Å². The van der Waals surface area contributed by atoms with Gasteiger partial charge in [-0.2, -0.15) is 0 Å². The van der Waals surface area contributed by atoms with Crippen LogP contribution in [-0.2, 0) is 14.3 Å². The van der Waals surface area contributed by atoms with Crippen LogP contribution in [0.4, 0.5) is 4.79 Å². The lowest BCUT2D eigenvalue weighted by Gasteiger charge is -2.31. The van der Waals surface area contributed by atoms with E-state index in [4.69, 9.17) is 18.9 Å². The number of urea groups is 1. The molecule has 0 unspecified atom stereocenters. The van der Waals surface area contributed by atoms with Crippen LogP contribution in [0.3, 0.4) is 0 Å². The highest BCUT2D eigenvalue weighted by Crippen LogP contribution is 2.34. The Morgan fingerprint density at radius 1 is 1.18 bits per heavy atom. The van der Waals surface area contributed by atoms with Crippen molar-refractivity contribution >= 4 is 12.0 Å². The summed E-state index contributed by atoms with van der Waals surface area (Å²) in [5.74, 6) is 0.584. The third-order valence-electron chi connectivity index (χ3n) is 4.93. The van der Waals surface area contributed by atoms with E-state index in [0.29, 0.717) is 48.1 Å². The van der Waals surface area contributed by atoms with E-state index >= 15 is 0 Å². The molecule has 2 heterocycles. The third kappa shape index (κ3) is 4.20. The number of ether oxygens (including phenoxy) is 4. The average Bonchev–Trinajstić information content (AvgIpc) is 2.73. The van der Waals surface area contributed by atoms with E-state index in [1.54, 1.807) is 25.3 Å². The molecule has 1 aromatic carbocycles. The van der Waals surface area contributed by atoms with Crippen molar-refractivity contribution in [1.82, 2.24) is 10.6 Å². The molecule has 28 heavy (non-hydrogen) atoms. The molecular formula is C19H26N3O6+. The zero-order valence-corrected chi connectivity index (χ0v) is 16.3. The number of carbonyl (C=O) groups is 2. The Labute approximate surface area is 163 Å². The predicted molar refractivity (Wildman–Crippen MR) is 99.4 cm³/mol. The molecule has 3 rings (SSSR count). The molecule has 0 saturated carbocycles. The largest absolute Gasteiger partial charge is 0.493 e. The summed E-state index contributed by atoms with van der Waals surface area (Å²) < 4.78 is 21.0. The highest BCUT2D eigenvalue weighted by atomic mass is 16.5. The standard InChI is InChI=1S/C19H25N3O6/c1-25-14-5-4-12(10-15(14)26-2)17-16(18(23)27-3)13(20-19(24)21-17)11-22-6-8-28-9-7-22/h4-5,10,17H,6-9,11H2,1-3H3,(H2,20,21,24)/p+1/t17-/m0/s1. The number of methoxy groups -OCH3 is 3. The van der Waals surface area contributed by atoms with Crippen LogP contribution >= 0.6 is 0 Å². The van der Waals surface area contributed by atoms with Crippen molar-refractivity contribution in [2.45, 2.75) is 6.04 Å². The van der Waals surface area contributed by atoms with E-state index in [1.807, 2.05) is 0 Å². The minimum atomic E-state index is -0.656. The summed E-state index contributed by atoms with van der Waals surface area (Å²) in [5.41, 5.74) is 1.64. The zero-order valence-electron chi connectivity index (χ0n) is 16.3. The smallest absolute Gasteiger partial charge is 0.338 e. The predicted octanol–water partition coefficient (Wildman–Crippen LogP) is -0.600. The lowest BCUT2D eigenvalue weighted by molar-refractivity contribution is -0.903. The van der Waals surface area contributed by atoms with Crippen molar-refractivity contribution in [3.8, 4) is 11.5 Å². The summed E-state index contributed by atoms with van der Waals surface area (Å²) in [6.45, 7) is 3.43. The third-order valence-corrected chi connectivity index (χ3v) is 4.93. The molecule has 0 aromatic heterocycles. The maximum atomic E-state index is 12.6. The maximum absolute atomic E-state index is 12.6. The summed E-state index contributed by atoms with van der Waals surface area (Å²) >= 11 is 0. The highest BCUT2D eigenvalue weighted by Gasteiger charge is 2.35. The summed E-state index contributed by atoms with van der Waals surface area (Å²) in [6, 6.07) is 4.26. The molecule has 2 amide bonds. The Morgan fingerprint density at radius 3 is 2.54 bits per heavy atom. The van der Waals surface area contributed by atoms with Gasteiger partial charge in [0.2, 0.25) is 0 Å². The quantitative estimate of drug-likeness (QED) is 0.559. The van der Waals surface area contributed by atoms with Crippen molar-refractivity contribution in [3.63, 3.8) is 0 Å². The molecule has 1 atom stereocenters. The second-order valence-electron chi connectivity index (χ2n) is 6.57. The molecule has 2 aliphatic heterocycles. The monoisotopic (exact) mass is 392 g/mol. The summed E-state index contributed by atoms with van der Waals surface area (Å²) in [6.07, 6.45) is 0. The van der Waals surface area contributed by atoms with Gasteiger partial charge in [-0.05, 0) is 17.7 Å². The van der Waals surface area contributed by atoms with E-state index in [1.165, 1.54) is 19.1 Å². The molecule has 1 fully saturated rings. The Bertz CT molecular complexity index is 773. The van der Waals surface area contributed by atoms with E-state index in [9.17, 15) is 9.59 Å². The van der Waals surface area contributed by atoms with Crippen LogP contribution in [0.25, 0.3) is 0 Å². The summed E-state index contributed by atoms with van der Waals surface area (Å²) in [5, 5.41) is 5.61. The SMILES string of the molecule is COC(=O)C1=C(C[NH+]2CCOCC2)NC(=O)N[C@H]1c1ccc(OC)c(OC)c1. The number of hydrogen-bond acceptors (Lipinski definition) is 6. The van der Waals surface area contributed by atoms with Gasteiger partial charge in [-0.1, -0.05) is 6.07 Å². The first-order chi connectivity index (χ1) is 13.6. The number of benzene rings is 1. The van der Waals surface area contributed by atoms with Crippen molar-refractivity contribution in [1.29, 1.82) is 0 Å². The second kappa shape index (κ2) is 8.94. The Morgan fingerprint density at radius 2 is 1.89 bits per heavy atom. The fourth-order valence-electron chi connectivity index (χ4n) is 3.48. The zero-order chi connectivity index (χ0) is 20.1. The number of esters is 1. The first kappa shape index (κ1) is 20.0. The molecule has 3 N–H and O–H groups in total. The molecule has 2 aliphatic rings. The van der Waals surface area contributed by atoms with Gasteiger partial charge in [0.1, 0.15) is 19.6 Å². The first-order valence-electron chi connectivity index (χ1n) is 9.09. The minimum Gasteiger partial charge on any atom is -0.493 e. The van der Waals surface area contributed by atoms with Crippen LogP contribution in [0.15, 0.2) is 29.5 Å². The van der Waals surface area contributed by atoms with Crippen molar-refractivity contribution in [3.05, 3.63) is 35.0 Å². The molecule has 0 spiro atoms. The molecular weight excluding hydrogens is 366 g/mol. The number of morpholine rings is 1. The van der Waals surface area contributed by atoms with Gasteiger partial charge in [0.25, 0.3) is 0 Å². The van der Waals surface area contributed by atoms with Crippen molar-refractivity contribution < 1.29 is 33.4 Å². The molecule has 0 bridgehead atoms. The normalized spacial score (nSPS) is 20.2. The number of carbonyl (C=O) groups excluding carboxylic acids is 2. The molecule has 1 saturated heterocycles. The number of rotatable bonds is 6. The van der Waals surface area contributed by atoms with Crippen LogP contribution in [-0.4, -0.2) is 66.2 Å². The van der Waals surface area contributed by atoms with Crippen LogP contribution in [0.2, 0.25) is 0 Å². The van der Waals surface area contributed by atoms with Crippen LogP contribution in [0.1, 0.15) is 11.6 Å². The van der Waals surface area contributed by atoms with E-state index in [0.717, 1.165) is 13.1 Å². The first-order valence-corrected chi connectivity index (χ1v) is 9.09. The summed E-state index contributed by atoms with van der Waals surface area (Å²) in [4.78, 5) is 26.2. The van der Waals surface area contributed by atoms with Crippen LogP contribution in [0, 0.1) is 0 Å². The molecule has 9 nitrogen and oxygen atoms in total. The fraction of sp³-hybridized carbons (Fsp3) is 0.474. The number of nitrogens with one attached hydrogen (secondary N) is 3. The van der Waals surface area contributed by atoms with E-state index < -0.39 is 12.0 Å². The Kier molecular flexibility index (Phi) is 6.37. The Hall–Kier alpha value is -2.78. The molecule has 0 radical (unpaired) electrons. The average molecular weight is 392 g/mol. The van der Waals surface area contributed by atoms with E-state index in [-0.39, 0.29) is 6.03 Å². The highest BCUT2D eigenvalue weighted by molar-refractivity contribution is 5.95. The maximum Gasteiger partial charge on any atom is 0.338 e. The minimum absolute atomic E-state index is 0.366. The number of quaternary nitrogens is 1. The van der Waals surface area contributed by atoms with Gasteiger partial charge in [-0.3, -0.25) is 0 Å². The van der Waals surface area contributed by atoms with Crippen molar-refractivity contribution in [2.75, 3.05) is 54.2 Å². The van der Waals surface area contributed by atoms with Gasteiger partial charge in [0.15, 0.2) is 11.5 Å². The van der Waals surface area contributed by atoms with Crippen LogP contribution < -0.4 is 25.0 Å². The molecule has 1 aromatic rings. The van der Waals surface area contributed by atoms with E-state index in [2.05, 4.69) is 10.6 Å². The van der Waals surface area contributed by atoms with Crippen LogP contribution in [0.5, 0.6) is 11.5 Å². The fourth-order valence-corrected chi connectivity index (χ4v) is 3.48. The molecule has 9 heteroatoms. The summed E-state index contributed by atoms with van der Waals surface area (Å²) in [7, 11) is 4.41.